The monoisotopic (exact) mass is 234 g/mol. The van der Waals surface area contributed by atoms with Crippen LogP contribution in [0.4, 0.5) is 10.5 Å². The van der Waals surface area contributed by atoms with Crippen LogP contribution in [0.2, 0.25) is 0 Å². The van der Waals surface area contributed by atoms with Crippen molar-refractivity contribution in [1.29, 1.82) is 0 Å². The summed E-state index contributed by atoms with van der Waals surface area (Å²) in [5.41, 5.74) is 1.63. The molecule has 1 aliphatic rings. The summed E-state index contributed by atoms with van der Waals surface area (Å²) in [6.45, 7) is 2.12. The predicted molar refractivity (Wildman–Crippen MR) is 63.1 cm³/mol. The first kappa shape index (κ1) is 11.4. The highest BCUT2D eigenvalue weighted by Gasteiger charge is 2.40. The van der Waals surface area contributed by atoms with Crippen molar-refractivity contribution in [2.24, 2.45) is 0 Å². The predicted octanol–water partition coefficient (Wildman–Crippen LogP) is 1.32. The molecule has 1 heterocycles. The van der Waals surface area contributed by atoms with E-state index >= 15 is 0 Å². The summed E-state index contributed by atoms with van der Waals surface area (Å²) >= 11 is 0. The second-order valence-corrected chi connectivity index (χ2v) is 4.23. The van der Waals surface area contributed by atoms with Gasteiger partial charge >= 0.3 is 12.0 Å². The number of amides is 2. The number of hydrogen-bond donors (Lipinski definition) is 1. The Hall–Kier alpha value is -2.04. The Labute approximate surface area is 99.3 Å². The van der Waals surface area contributed by atoms with Gasteiger partial charge in [-0.05, 0) is 24.6 Å². The molecule has 1 aromatic carbocycles. The van der Waals surface area contributed by atoms with Gasteiger partial charge in [0.15, 0.2) is 6.04 Å². The van der Waals surface area contributed by atoms with Crippen molar-refractivity contribution >= 4 is 17.7 Å². The molecule has 0 bridgehead atoms. The zero-order valence-electron chi connectivity index (χ0n) is 9.75. The van der Waals surface area contributed by atoms with Crippen molar-refractivity contribution < 1.29 is 14.7 Å². The maximum atomic E-state index is 11.9. The number of hydrogen-bond acceptors (Lipinski definition) is 2. The van der Waals surface area contributed by atoms with Crippen LogP contribution in [0.3, 0.4) is 0 Å². The van der Waals surface area contributed by atoms with Crippen molar-refractivity contribution in [3.8, 4) is 0 Å². The van der Waals surface area contributed by atoms with Gasteiger partial charge in [0.05, 0.1) is 6.54 Å². The van der Waals surface area contributed by atoms with Crippen LogP contribution < -0.4 is 4.90 Å². The molecule has 0 aliphatic carbocycles. The molecule has 0 radical (unpaired) electrons. The summed E-state index contributed by atoms with van der Waals surface area (Å²) in [6, 6.07) is 6.20. The molecule has 1 unspecified atom stereocenters. The first-order valence-corrected chi connectivity index (χ1v) is 5.34. The summed E-state index contributed by atoms with van der Waals surface area (Å²) in [7, 11) is 1.61. The van der Waals surface area contributed by atoms with Crippen LogP contribution in [0, 0.1) is 6.92 Å². The number of nitrogens with zero attached hydrogens (tertiary/aromatic N) is 2. The number of aliphatic carboxylic acids is 1. The normalized spacial score (nSPS) is 19.9. The summed E-state index contributed by atoms with van der Waals surface area (Å²) in [5.74, 6) is -0.982. The minimum atomic E-state index is -0.982. The van der Waals surface area contributed by atoms with Crippen molar-refractivity contribution in [2.75, 3.05) is 18.5 Å². The van der Waals surface area contributed by atoms with Crippen LogP contribution in [-0.2, 0) is 4.79 Å². The summed E-state index contributed by atoms with van der Waals surface area (Å²) in [6.07, 6.45) is 0. The Bertz CT molecular complexity index is 473. The molecule has 1 N–H and O–H groups in total. The second-order valence-electron chi connectivity index (χ2n) is 4.23. The SMILES string of the molecule is Cc1cccc(N2C(=O)N(C)CC2C(=O)O)c1. The molecule has 1 aliphatic heterocycles. The summed E-state index contributed by atoms with van der Waals surface area (Å²) < 4.78 is 0. The minimum absolute atomic E-state index is 0.210. The molecule has 1 aromatic rings. The minimum Gasteiger partial charge on any atom is -0.480 e. The van der Waals surface area contributed by atoms with E-state index in [0.29, 0.717) is 5.69 Å². The van der Waals surface area contributed by atoms with Gasteiger partial charge in [-0.2, -0.15) is 0 Å². The van der Waals surface area contributed by atoms with Crippen LogP contribution in [-0.4, -0.2) is 41.6 Å². The fourth-order valence-electron chi connectivity index (χ4n) is 1.99. The van der Waals surface area contributed by atoms with E-state index in [1.54, 1.807) is 13.1 Å². The molecule has 2 rings (SSSR count). The first-order chi connectivity index (χ1) is 8.00. The Kier molecular flexibility index (Phi) is 2.75. The standard InChI is InChI=1S/C12H14N2O3/c1-8-4-3-5-9(6-8)14-10(11(15)16)7-13(2)12(14)17/h3-6,10H,7H2,1-2H3,(H,15,16). The maximum absolute atomic E-state index is 11.9. The molecule has 17 heavy (non-hydrogen) atoms. The number of carbonyl (C=O) groups excluding carboxylic acids is 1. The van der Waals surface area contributed by atoms with Gasteiger partial charge in [-0.25, -0.2) is 9.59 Å². The number of carboxylic acids is 1. The highest BCUT2D eigenvalue weighted by molar-refractivity contribution is 6.01. The highest BCUT2D eigenvalue weighted by atomic mass is 16.4. The Morgan fingerprint density at radius 1 is 1.47 bits per heavy atom. The Balaban J connectivity index is 2.41. The third-order valence-electron chi connectivity index (χ3n) is 2.86. The average molecular weight is 234 g/mol. The zero-order valence-corrected chi connectivity index (χ0v) is 9.75. The molecular weight excluding hydrogens is 220 g/mol. The third-order valence-corrected chi connectivity index (χ3v) is 2.86. The topological polar surface area (TPSA) is 60.9 Å². The smallest absolute Gasteiger partial charge is 0.328 e. The van der Waals surface area contributed by atoms with Gasteiger partial charge in [-0.15, -0.1) is 0 Å². The molecule has 1 fully saturated rings. The molecule has 0 spiro atoms. The number of anilines is 1. The van der Waals surface area contributed by atoms with E-state index < -0.39 is 12.0 Å². The van der Waals surface area contributed by atoms with Gasteiger partial charge in [-0.1, -0.05) is 12.1 Å². The lowest BCUT2D eigenvalue weighted by molar-refractivity contribution is -0.138. The van der Waals surface area contributed by atoms with Crippen LogP contribution in [0.15, 0.2) is 24.3 Å². The largest absolute Gasteiger partial charge is 0.480 e. The van der Waals surface area contributed by atoms with Crippen LogP contribution >= 0.6 is 0 Å². The van der Waals surface area contributed by atoms with Gasteiger partial charge in [0, 0.05) is 12.7 Å². The molecule has 0 aromatic heterocycles. The number of aryl methyl sites for hydroxylation is 1. The van der Waals surface area contributed by atoms with Crippen LogP contribution in [0.5, 0.6) is 0 Å². The molecule has 90 valence electrons. The van der Waals surface area contributed by atoms with E-state index in [2.05, 4.69) is 0 Å². The molecule has 5 nitrogen and oxygen atoms in total. The van der Waals surface area contributed by atoms with E-state index in [-0.39, 0.29) is 12.6 Å². The van der Waals surface area contributed by atoms with E-state index in [0.717, 1.165) is 5.56 Å². The highest BCUT2D eigenvalue weighted by Crippen LogP contribution is 2.24. The first-order valence-electron chi connectivity index (χ1n) is 5.34. The second kappa shape index (κ2) is 4.08. The van der Waals surface area contributed by atoms with E-state index in [1.807, 2.05) is 25.1 Å². The Morgan fingerprint density at radius 2 is 2.18 bits per heavy atom. The van der Waals surface area contributed by atoms with Gasteiger partial charge in [-0.3, -0.25) is 4.90 Å². The average Bonchev–Trinajstić information content (AvgIpc) is 2.56. The van der Waals surface area contributed by atoms with E-state index in [1.165, 1.54) is 9.80 Å². The molecule has 0 saturated carbocycles. The Morgan fingerprint density at radius 3 is 2.76 bits per heavy atom. The molecule has 1 saturated heterocycles. The zero-order chi connectivity index (χ0) is 12.6. The van der Waals surface area contributed by atoms with Crippen LogP contribution in [0.1, 0.15) is 5.56 Å². The summed E-state index contributed by atoms with van der Waals surface area (Å²) in [4.78, 5) is 25.8. The number of urea groups is 1. The molecule has 1 atom stereocenters. The van der Waals surface area contributed by atoms with Gasteiger partial charge < -0.3 is 10.0 Å². The van der Waals surface area contributed by atoms with Crippen LogP contribution in [0.25, 0.3) is 0 Å². The van der Waals surface area contributed by atoms with Crippen molar-refractivity contribution in [3.05, 3.63) is 29.8 Å². The van der Waals surface area contributed by atoms with E-state index in [4.69, 9.17) is 5.11 Å². The molecule has 5 heteroatoms. The molecular formula is C12H14N2O3. The number of rotatable bonds is 2. The van der Waals surface area contributed by atoms with Crippen molar-refractivity contribution in [1.82, 2.24) is 4.90 Å². The van der Waals surface area contributed by atoms with Crippen molar-refractivity contribution in [2.45, 2.75) is 13.0 Å². The van der Waals surface area contributed by atoms with Gasteiger partial charge in [0.2, 0.25) is 0 Å². The fourth-order valence-corrected chi connectivity index (χ4v) is 1.99. The molecule has 2 amide bonds. The lowest BCUT2D eigenvalue weighted by atomic mass is 10.2. The number of likely N-dealkylation sites (N-methyl/N-ethyl adjacent to an activating group) is 1. The third kappa shape index (κ3) is 1.95. The van der Waals surface area contributed by atoms with Gasteiger partial charge in [0.1, 0.15) is 0 Å². The quantitative estimate of drug-likeness (QED) is 0.839. The fraction of sp³-hybridized carbons (Fsp3) is 0.333. The van der Waals surface area contributed by atoms with Crippen molar-refractivity contribution in [3.63, 3.8) is 0 Å². The van der Waals surface area contributed by atoms with Gasteiger partial charge in [0.25, 0.3) is 0 Å². The lowest BCUT2D eigenvalue weighted by Crippen LogP contribution is -2.39. The lowest BCUT2D eigenvalue weighted by Gasteiger charge is -2.20. The maximum Gasteiger partial charge on any atom is 0.328 e. The number of carboxylic acid groups (broad SMARTS) is 1. The van der Waals surface area contributed by atoms with E-state index in [9.17, 15) is 9.59 Å². The number of carbonyl (C=O) groups is 2. The summed E-state index contributed by atoms with van der Waals surface area (Å²) in [5, 5.41) is 9.13. The number of benzene rings is 1.